The Kier molecular flexibility index (Phi) is 16.7. The number of nitrogens with one attached hydrogen (secondary N) is 5. The van der Waals surface area contributed by atoms with Gasteiger partial charge in [0.05, 0.1) is 0 Å². The van der Waals surface area contributed by atoms with Crippen LogP contribution in [0.2, 0.25) is 0 Å². The van der Waals surface area contributed by atoms with Crippen molar-refractivity contribution in [2.24, 2.45) is 10.7 Å². The number of guanidine groups is 1. The third-order valence-electron chi connectivity index (χ3n) is 10.3. The number of benzene rings is 6. The fourth-order valence-electron chi connectivity index (χ4n) is 7.09. The Morgan fingerprint density at radius 1 is 0.554 bits per heavy atom. The van der Waals surface area contributed by atoms with E-state index in [1.54, 1.807) is 48.5 Å². The van der Waals surface area contributed by atoms with E-state index in [9.17, 15) is 28.8 Å². The normalized spacial score (nSPS) is 12.1. The molecule has 0 fully saturated rings. The zero-order valence-corrected chi connectivity index (χ0v) is 35.8. The zero-order chi connectivity index (χ0) is 46.0. The maximum Gasteiger partial charge on any atom is 0.414 e. The minimum Gasteiger partial charge on any atom is -0.444 e. The highest BCUT2D eigenvalue weighted by Gasteiger charge is 2.29. The van der Waals surface area contributed by atoms with Crippen LogP contribution in [0.25, 0.3) is 21.5 Å². The van der Waals surface area contributed by atoms with Crippen molar-refractivity contribution in [1.29, 1.82) is 0 Å². The standard InChI is InChI=1S/C50H51N7O8/c1-33(58)53-44(30-40-22-12-21-38-19-10-11-23-41(38)40)47(61)54-42(46(60)55-43(45(51)59)29-36-25-26-37-18-8-9-20-39(37)28-36)24-13-27-52-48(56-49(62)64-31-34-14-4-2-5-15-34)57-50(63)65-32-35-16-6-3-7-17-35/h2-12,14-23,25-26,28,42-44H,13,24,27,29-32H2,1H3,(H2,51,59)(H,53,58)(H,54,61)(H,55,60)(H2,52,56,57,62,63)/t42-,43+,44+/m0/s1. The van der Waals surface area contributed by atoms with E-state index in [4.69, 9.17) is 15.2 Å². The Balaban J connectivity index is 1.19. The summed E-state index contributed by atoms with van der Waals surface area (Å²) in [4.78, 5) is 83.7. The van der Waals surface area contributed by atoms with Crippen molar-refractivity contribution in [1.82, 2.24) is 26.6 Å². The number of hydrogen-bond acceptors (Lipinski definition) is 9. The third-order valence-corrected chi connectivity index (χ3v) is 10.3. The number of primary amides is 1. The molecule has 0 saturated carbocycles. The number of carbonyl (C=O) groups excluding carboxylic acids is 6. The molecule has 6 aromatic carbocycles. The van der Waals surface area contributed by atoms with Gasteiger partial charge in [0.1, 0.15) is 31.3 Å². The molecule has 65 heavy (non-hydrogen) atoms. The maximum atomic E-state index is 14.2. The van der Waals surface area contributed by atoms with Gasteiger partial charge in [-0.15, -0.1) is 0 Å². The van der Waals surface area contributed by atoms with Crippen molar-refractivity contribution in [3.8, 4) is 0 Å². The maximum absolute atomic E-state index is 14.2. The highest BCUT2D eigenvalue weighted by molar-refractivity contribution is 6.01. The SMILES string of the molecule is CC(=O)N[C@H](Cc1cccc2ccccc12)C(=O)N[C@@H](CCCN=C(NC(=O)OCc1ccccc1)NC(=O)OCc1ccccc1)C(=O)N[C@H](Cc1ccc2ccccc2c1)C(N)=O. The molecule has 0 bridgehead atoms. The molecule has 15 nitrogen and oxygen atoms in total. The van der Waals surface area contributed by atoms with Gasteiger partial charge in [-0.3, -0.25) is 34.8 Å². The van der Waals surface area contributed by atoms with Crippen LogP contribution in [0.15, 0.2) is 151 Å². The molecule has 6 amide bonds. The van der Waals surface area contributed by atoms with Gasteiger partial charge in [0.25, 0.3) is 0 Å². The Morgan fingerprint density at radius 3 is 1.74 bits per heavy atom. The monoisotopic (exact) mass is 877 g/mol. The second kappa shape index (κ2) is 23.4. The van der Waals surface area contributed by atoms with Crippen LogP contribution in [0.1, 0.15) is 42.0 Å². The van der Waals surface area contributed by atoms with E-state index in [0.717, 1.165) is 43.8 Å². The lowest BCUT2D eigenvalue weighted by Crippen LogP contribution is -2.57. The fourth-order valence-corrected chi connectivity index (χ4v) is 7.09. The Hall–Kier alpha value is -8.07. The number of aliphatic imine (C=N–C) groups is 1. The average Bonchev–Trinajstić information content (AvgIpc) is 3.31. The smallest absolute Gasteiger partial charge is 0.414 e. The first-order chi connectivity index (χ1) is 31.5. The summed E-state index contributed by atoms with van der Waals surface area (Å²) in [6.07, 6.45) is -1.54. The highest BCUT2D eigenvalue weighted by Crippen LogP contribution is 2.21. The number of nitrogens with zero attached hydrogens (tertiary/aromatic N) is 1. The van der Waals surface area contributed by atoms with Crippen molar-refractivity contribution in [3.63, 3.8) is 0 Å². The lowest BCUT2D eigenvalue weighted by Gasteiger charge is -2.25. The largest absolute Gasteiger partial charge is 0.444 e. The van der Waals surface area contributed by atoms with Crippen molar-refractivity contribution in [3.05, 3.63) is 168 Å². The van der Waals surface area contributed by atoms with E-state index in [2.05, 4.69) is 31.6 Å². The average molecular weight is 878 g/mol. The molecule has 6 aromatic rings. The number of ether oxygens (including phenoxy) is 2. The minimum atomic E-state index is -1.25. The Bertz CT molecular complexity index is 2580. The van der Waals surface area contributed by atoms with Crippen LogP contribution in [0.4, 0.5) is 9.59 Å². The molecule has 0 aliphatic rings. The predicted molar refractivity (Wildman–Crippen MR) is 247 cm³/mol. The highest BCUT2D eigenvalue weighted by atomic mass is 16.6. The van der Waals surface area contributed by atoms with E-state index >= 15 is 0 Å². The second-order valence-corrected chi connectivity index (χ2v) is 15.3. The van der Waals surface area contributed by atoms with E-state index in [1.807, 2.05) is 97.1 Å². The Morgan fingerprint density at radius 2 is 1.11 bits per heavy atom. The molecule has 15 heteroatoms. The minimum absolute atomic E-state index is 0.0340. The molecule has 3 atom stereocenters. The van der Waals surface area contributed by atoms with Gasteiger partial charge in [0.2, 0.25) is 29.6 Å². The van der Waals surface area contributed by atoms with E-state index < -0.39 is 53.9 Å². The Labute approximate surface area is 376 Å². The van der Waals surface area contributed by atoms with E-state index in [0.29, 0.717) is 0 Å². The molecule has 0 heterocycles. The number of amides is 6. The van der Waals surface area contributed by atoms with Crippen molar-refractivity contribution in [2.75, 3.05) is 6.54 Å². The summed E-state index contributed by atoms with van der Waals surface area (Å²) in [5.41, 5.74) is 8.84. The van der Waals surface area contributed by atoms with Crippen LogP contribution in [0.3, 0.4) is 0 Å². The van der Waals surface area contributed by atoms with Gasteiger partial charge in [-0.25, -0.2) is 9.59 Å². The van der Waals surface area contributed by atoms with Crippen LogP contribution in [0.5, 0.6) is 0 Å². The molecule has 7 N–H and O–H groups in total. The van der Waals surface area contributed by atoms with Crippen LogP contribution >= 0.6 is 0 Å². The number of carbonyl (C=O) groups is 6. The molecule has 0 aliphatic carbocycles. The summed E-state index contributed by atoms with van der Waals surface area (Å²) in [6.45, 7) is 1.11. The number of alkyl carbamates (subject to hydrolysis) is 2. The van der Waals surface area contributed by atoms with Gasteiger partial charge in [-0.05, 0) is 56.6 Å². The molecule has 0 saturated heterocycles. The van der Waals surface area contributed by atoms with Gasteiger partial charge >= 0.3 is 12.2 Å². The summed E-state index contributed by atoms with van der Waals surface area (Å²) in [7, 11) is 0. The van der Waals surface area contributed by atoms with Gasteiger partial charge < -0.3 is 31.2 Å². The molecular weight excluding hydrogens is 827 g/mol. The second-order valence-electron chi connectivity index (χ2n) is 15.3. The van der Waals surface area contributed by atoms with E-state index in [-0.39, 0.29) is 51.4 Å². The molecule has 0 radical (unpaired) electrons. The third kappa shape index (κ3) is 14.5. The number of hydrogen-bond donors (Lipinski definition) is 6. The lowest BCUT2D eigenvalue weighted by molar-refractivity contribution is -0.133. The number of rotatable bonds is 18. The van der Waals surface area contributed by atoms with Crippen LogP contribution in [-0.2, 0) is 54.7 Å². The van der Waals surface area contributed by atoms with Crippen LogP contribution < -0.4 is 32.3 Å². The first-order valence-corrected chi connectivity index (χ1v) is 21.1. The molecule has 0 aromatic heterocycles. The van der Waals surface area contributed by atoms with Gasteiger partial charge in [0.15, 0.2) is 0 Å². The summed E-state index contributed by atoms with van der Waals surface area (Å²) >= 11 is 0. The van der Waals surface area contributed by atoms with Crippen molar-refractivity contribution >= 4 is 63.3 Å². The first-order valence-electron chi connectivity index (χ1n) is 21.1. The summed E-state index contributed by atoms with van der Waals surface area (Å²) in [6, 6.07) is 41.2. The van der Waals surface area contributed by atoms with Gasteiger partial charge in [-0.2, -0.15) is 0 Å². The lowest BCUT2D eigenvalue weighted by atomic mass is 9.98. The molecule has 0 spiro atoms. The zero-order valence-electron chi connectivity index (χ0n) is 35.8. The topological polar surface area (TPSA) is 219 Å². The first kappa shape index (κ1) is 46.4. The summed E-state index contributed by atoms with van der Waals surface area (Å²) in [5, 5.41) is 16.9. The molecule has 0 unspecified atom stereocenters. The van der Waals surface area contributed by atoms with E-state index in [1.165, 1.54) is 6.92 Å². The van der Waals surface area contributed by atoms with Crippen molar-refractivity contribution in [2.45, 2.75) is 63.9 Å². The summed E-state index contributed by atoms with van der Waals surface area (Å²) in [5.74, 6) is -2.87. The summed E-state index contributed by atoms with van der Waals surface area (Å²) < 4.78 is 10.7. The molecule has 0 aliphatic heterocycles. The van der Waals surface area contributed by atoms with Crippen LogP contribution in [-0.4, -0.2) is 66.4 Å². The molecule has 334 valence electrons. The van der Waals surface area contributed by atoms with Crippen LogP contribution in [0, 0.1) is 0 Å². The molecule has 6 rings (SSSR count). The number of fused-ring (bicyclic) bond motifs is 2. The molecular formula is C50H51N7O8. The van der Waals surface area contributed by atoms with Crippen molar-refractivity contribution < 1.29 is 38.2 Å². The number of nitrogens with two attached hydrogens (primary N) is 1. The van der Waals surface area contributed by atoms with Gasteiger partial charge in [0, 0.05) is 26.3 Å². The fraction of sp³-hybridized carbons (Fsp3) is 0.220. The quantitative estimate of drug-likeness (QED) is 0.0355. The van der Waals surface area contributed by atoms with Gasteiger partial charge in [-0.1, -0.05) is 146 Å². The predicted octanol–water partition coefficient (Wildman–Crippen LogP) is 5.73.